The van der Waals surface area contributed by atoms with Gasteiger partial charge in [-0.05, 0) is 23.6 Å². The smallest absolute Gasteiger partial charge is 0.433 e. The third-order valence-corrected chi connectivity index (χ3v) is 7.33. The zero-order chi connectivity index (χ0) is 34.0. The molecule has 10 heteroatoms. The number of unbranched alkanes of at least 4 members (excludes halogenated alkanes) is 14. The number of benzene rings is 1. The summed E-state index contributed by atoms with van der Waals surface area (Å²) in [5.41, 5.74) is 0.151. The SMILES string of the molecule is CCCCCCCCCCCCCCCCCC(=O)O.CO/C=C(/C(=O)OC)c1ccccc1COc1cccc(C(F)(F)F)n1. The van der Waals surface area contributed by atoms with Crippen LogP contribution in [-0.2, 0) is 31.8 Å². The van der Waals surface area contributed by atoms with Crippen LogP contribution in [0.2, 0.25) is 0 Å². The summed E-state index contributed by atoms with van der Waals surface area (Å²) in [5.74, 6) is -1.44. The summed E-state index contributed by atoms with van der Waals surface area (Å²) in [4.78, 5) is 25.7. The number of hydrogen-bond acceptors (Lipinski definition) is 6. The number of ether oxygens (including phenoxy) is 3. The van der Waals surface area contributed by atoms with Gasteiger partial charge in [-0.1, -0.05) is 127 Å². The van der Waals surface area contributed by atoms with Crippen LogP contribution in [0.1, 0.15) is 126 Å². The van der Waals surface area contributed by atoms with Gasteiger partial charge in [-0.3, -0.25) is 4.79 Å². The van der Waals surface area contributed by atoms with Crippen LogP contribution in [0.4, 0.5) is 13.2 Å². The minimum atomic E-state index is -4.56. The molecule has 0 spiro atoms. The minimum absolute atomic E-state index is 0.0947. The number of rotatable bonds is 22. The van der Waals surface area contributed by atoms with Gasteiger partial charge in [0.1, 0.15) is 17.9 Å². The van der Waals surface area contributed by atoms with E-state index >= 15 is 0 Å². The number of methoxy groups -OCH3 is 2. The van der Waals surface area contributed by atoms with Gasteiger partial charge in [-0.25, -0.2) is 9.78 Å². The maximum absolute atomic E-state index is 12.7. The van der Waals surface area contributed by atoms with Gasteiger partial charge in [0.25, 0.3) is 0 Å². The Morgan fingerprint density at radius 1 is 0.783 bits per heavy atom. The van der Waals surface area contributed by atoms with Gasteiger partial charge >= 0.3 is 18.1 Å². The molecule has 1 heterocycles. The summed E-state index contributed by atoms with van der Waals surface area (Å²) in [6, 6.07) is 10.1. The highest BCUT2D eigenvalue weighted by Gasteiger charge is 2.32. The molecule has 7 nitrogen and oxygen atoms in total. The molecule has 1 aromatic heterocycles. The van der Waals surface area contributed by atoms with Gasteiger partial charge in [0.05, 0.1) is 20.5 Å². The molecule has 1 aromatic carbocycles. The van der Waals surface area contributed by atoms with Gasteiger partial charge < -0.3 is 19.3 Å². The number of hydrogen-bond donors (Lipinski definition) is 1. The van der Waals surface area contributed by atoms with Crippen molar-refractivity contribution in [1.29, 1.82) is 0 Å². The summed E-state index contributed by atoms with van der Waals surface area (Å²) in [7, 11) is 2.62. The topological polar surface area (TPSA) is 95.0 Å². The Morgan fingerprint density at radius 3 is 1.83 bits per heavy atom. The van der Waals surface area contributed by atoms with Crippen LogP contribution < -0.4 is 4.74 Å². The maximum Gasteiger partial charge on any atom is 0.433 e. The third-order valence-electron chi connectivity index (χ3n) is 7.33. The van der Waals surface area contributed by atoms with E-state index in [0.717, 1.165) is 18.9 Å². The third kappa shape index (κ3) is 18.4. The second-order valence-electron chi connectivity index (χ2n) is 11.2. The van der Waals surface area contributed by atoms with Crippen molar-refractivity contribution >= 4 is 17.5 Å². The summed E-state index contributed by atoms with van der Waals surface area (Å²) < 4.78 is 53.2. The van der Waals surface area contributed by atoms with Crippen molar-refractivity contribution in [2.45, 2.75) is 122 Å². The number of nitrogens with zero attached hydrogens (tertiary/aromatic N) is 1. The number of carbonyl (C=O) groups excluding carboxylic acids is 1. The van der Waals surface area contributed by atoms with Crippen LogP contribution >= 0.6 is 0 Å². The second-order valence-corrected chi connectivity index (χ2v) is 11.2. The van der Waals surface area contributed by atoms with Gasteiger partial charge in [-0.15, -0.1) is 0 Å². The fourth-order valence-electron chi connectivity index (χ4n) is 4.81. The summed E-state index contributed by atoms with van der Waals surface area (Å²) in [6.45, 7) is 2.18. The summed E-state index contributed by atoms with van der Waals surface area (Å²) in [5, 5.41) is 8.52. The number of esters is 1. The van der Waals surface area contributed by atoms with E-state index in [1.807, 2.05) is 0 Å². The Morgan fingerprint density at radius 2 is 1.33 bits per heavy atom. The molecule has 0 atom stereocenters. The van der Waals surface area contributed by atoms with Crippen molar-refractivity contribution in [1.82, 2.24) is 4.98 Å². The highest BCUT2D eigenvalue weighted by molar-refractivity contribution is 6.16. The molecular formula is C36H52F3NO6. The average molecular weight is 652 g/mol. The van der Waals surface area contributed by atoms with E-state index in [9.17, 15) is 22.8 Å². The molecule has 0 radical (unpaired) electrons. The van der Waals surface area contributed by atoms with E-state index in [-0.39, 0.29) is 18.1 Å². The molecule has 0 aliphatic heterocycles. The first kappa shape index (κ1) is 40.5. The van der Waals surface area contributed by atoms with Crippen molar-refractivity contribution in [2.75, 3.05) is 14.2 Å². The number of pyridine rings is 1. The van der Waals surface area contributed by atoms with Crippen LogP contribution in [0, 0.1) is 0 Å². The van der Waals surface area contributed by atoms with Crippen molar-refractivity contribution in [2.24, 2.45) is 0 Å². The van der Waals surface area contributed by atoms with E-state index in [1.54, 1.807) is 24.3 Å². The first-order chi connectivity index (χ1) is 22.1. The van der Waals surface area contributed by atoms with E-state index in [4.69, 9.17) is 19.3 Å². The van der Waals surface area contributed by atoms with Gasteiger partial charge in [0, 0.05) is 12.5 Å². The van der Waals surface area contributed by atoms with Crippen LogP contribution in [0.3, 0.4) is 0 Å². The van der Waals surface area contributed by atoms with Gasteiger partial charge in [0.2, 0.25) is 5.88 Å². The summed E-state index contributed by atoms with van der Waals surface area (Å²) in [6.07, 6.45) is 16.9. The highest BCUT2D eigenvalue weighted by atomic mass is 19.4. The highest BCUT2D eigenvalue weighted by Crippen LogP contribution is 2.29. The quantitative estimate of drug-likeness (QED) is 0.0586. The largest absolute Gasteiger partial charge is 0.503 e. The Bertz CT molecular complexity index is 1150. The second kappa shape index (κ2) is 24.6. The Hall–Kier alpha value is -3.56. The van der Waals surface area contributed by atoms with E-state index < -0.39 is 23.8 Å². The van der Waals surface area contributed by atoms with E-state index in [2.05, 4.69) is 11.9 Å². The number of aliphatic carboxylic acids is 1. The Kier molecular flexibility index (Phi) is 21.7. The first-order valence-corrected chi connectivity index (χ1v) is 16.4. The predicted octanol–water partition coefficient (Wildman–Crippen LogP) is 10.2. The average Bonchev–Trinajstić information content (AvgIpc) is 3.04. The zero-order valence-corrected chi connectivity index (χ0v) is 27.7. The molecule has 1 N–H and O–H groups in total. The number of halogens is 3. The minimum Gasteiger partial charge on any atom is -0.503 e. The molecule has 2 rings (SSSR count). The zero-order valence-electron chi connectivity index (χ0n) is 27.7. The molecule has 2 aromatic rings. The van der Waals surface area contributed by atoms with Gasteiger partial charge in [0.15, 0.2) is 0 Å². The molecule has 0 aliphatic carbocycles. The summed E-state index contributed by atoms with van der Waals surface area (Å²) >= 11 is 0. The predicted molar refractivity (Wildman–Crippen MR) is 174 cm³/mol. The molecule has 258 valence electrons. The van der Waals surface area contributed by atoms with Crippen LogP contribution in [0.15, 0.2) is 48.7 Å². The number of carbonyl (C=O) groups is 2. The van der Waals surface area contributed by atoms with Crippen LogP contribution in [-0.4, -0.2) is 36.2 Å². The first-order valence-electron chi connectivity index (χ1n) is 16.4. The standard InChI is InChI=1S/C18H16F3NO4.C18H36O2/c1-24-11-14(17(23)25-2)13-7-4-3-6-12(13)10-26-16-9-5-8-15(22-16)18(19,20)21;1-2-3-4-5-6-7-8-9-10-11-12-13-14-15-16-17-18(19)20/h3-9,11H,10H2,1-2H3;2-17H2,1H3,(H,19,20)/b14-11+;. The maximum atomic E-state index is 12.7. The Balaban J connectivity index is 0.000000479. The molecule has 0 saturated carbocycles. The molecule has 0 amide bonds. The molecule has 0 bridgehead atoms. The molecule has 0 fully saturated rings. The molecule has 0 aliphatic rings. The van der Waals surface area contributed by atoms with Gasteiger partial charge in [-0.2, -0.15) is 13.2 Å². The molecule has 0 unspecified atom stereocenters. The lowest BCUT2D eigenvalue weighted by Gasteiger charge is -2.13. The van der Waals surface area contributed by atoms with Crippen molar-refractivity contribution in [3.05, 3.63) is 65.5 Å². The number of carboxylic acids is 1. The van der Waals surface area contributed by atoms with E-state index in [1.165, 1.54) is 116 Å². The lowest BCUT2D eigenvalue weighted by Crippen LogP contribution is -2.10. The molecular weight excluding hydrogens is 599 g/mol. The monoisotopic (exact) mass is 651 g/mol. The Labute approximate surface area is 272 Å². The van der Waals surface area contributed by atoms with Crippen molar-refractivity contribution in [3.8, 4) is 5.88 Å². The normalized spacial score (nSPS) is 11.4. The molecule has 0 saturated heterocycles. The lowest BCUT2D eigenvalue weighted by atomic mass is 10.0. The number of alkyl halides is 3. The number of aromatic nitrogens is 1. The van der Waals surface area contributed by atoms with Crippen molar-refractivity contribution in [3.63, 3.8) is 0 Å². The van der Waals surface area contributed by atoms with E-state index in [0.29, 0.717) is 17.5 Å². The lowest BCUT2D eigenvalue weighted by molar-refractivity contribution is -0.141. The van der Waals surface area contributed by atoms with Crippen LogP contribution in [0.25, 0.3) is 5.57 Å². The molecule has 46 heavy (non-hydrogen) atoms. The van der Waals surface area contributed by atoms with Crippen molar-refractivity contribution < 1.29 is 42.1 Å². The van der Waals surface area contributed by atoms with Crippen LogP contribution in [0.5, 0.6) is 5.88 Å². The fourth-order valence-corrected chi connectivity index (χ4v) is 4.81. The fraction of sp³-hybridized carbons (Fsp3) is 0.583. The number of carboxylic acid groups (broad SMARTS) is 1.